The zero-order valence-electron chi connectivity index (χ0n) is 4.76. The van der Waals surface area contributed by atoms with Gasteiger partial charge in [0.2, 0.25) is 0 Å². The van der Waals surface area contributed by atoms with Crippen LogP contribution in [0.4, 0.5) is 11.4 Å². The highest BCUT2D eigenvalue weighted by molar-refractivity contribution is 5.70. The SMILES string of the molecule is c1nncc2c1NCN2. The van der Waals surface area contributed by atoms with E-state index in [9.17, 15) is 0 Å². The predicted octanol–water partition coefficient (Wildman–Crippen LogP) is 0.271. The van der Waals surface area contributed by atoms with Gasteiger partial charge in [-0.05, 0) is 0 Å². The molecule has 1 aromatic heterocycles. The summed E-state index contributed by atoms with van der Waals surface area (Å²) in [6, 6.07) is 0. The topological polar surface area (TPSA) is 49.8 Å². The Morgan fingerprint density at radius 3 is 2.22 bits per heavy atom. The van der Waals surface area contributed by atoms with Crippen LogP contribution in [0.5, 0.6) is 0 Å². The van der Waals surface area contributed by atoms with E-state index >= 15 is 0 Å². The summed E-state index contributed by atoms with van der Waals surface area (Å²) in [6.45, 7) is 0.780. The molecule has 9 heavy (non-hydrogen) atoms. The first-order valence-corrected chi connectivity index (χ1v) is 2.75. The zero-order chi connectivity index (χ0) is 6.10. The van der Waals surface area contributed by atoms with Crippen molar-refractivity contribution < 1.29 is 0 Å². The molecule has 2 heterocycles. The molecule has 0 amide bonds. The lowest BCUT2D eigenvalue weighted by Gasteiger charge is -1.91. The van der Waals surface area contributed by atoms with Crippen LogP contribution in [0.3, 0.4) is 0 Å². The molecule has 0 aromatic carbocycles. The highest BCUT2D eigenvalue weighted by atomic mass is 15.2. The maximum atomic E-state index is 3.70. The van der Waals surface area contributed by atoms with Gasteiger partial charge in [0.1, 0.15) is 0 Å². The summed E-state index contributed by atoms with van der Waals surface area (Å²) in [5.74, 6) is 0. The van der Waals surface area contributed by atoms with Crippen molar-refractivity contribution in [3.05, 3.63) is 12.4 Å². The standard InChI is InChI=1S/C5H6N4/c1-4-5(2-9-8-1)7-3-6-4/h1-2,6-7H,3H2. The molecule has 4 nitrogen and oxygen atoms in total. The quantitative estimate of drug-likeness (QED) is 0.518. The molecule has 0 saturated heterocycles. The van der Waals surface area contributed by atoms with Crippen molar-refractivity contribution in [1.82, 2.24) is 10.2 Å². The van der Waals surface area contributed by atoms with Crippen molar-refractivity contribution in [2.45, 2.75) is 0 Å². The molecule has 1 aromatic rings. The Labute approximate surface area is 52.3 Å². The van der Waals surface area contributed by atoms with E-state index < -0.39 is 0 Å². The van der Waals surface area contributed by atoms with Gasteiger partial charge in [-0.15, -0.1) is 0 Å². The number of nitrogens with zero attached hydrogens (tertiary/aromatic N) is 2. The van der Waals surface area contributed by atoms with Gasteiger partial charge in [0, 0.05) is 0 Å². The van der Waals surface area contributed by atoms with E-state index in [1.165, 1.54) is 0 Å². The number of nitrogens with one attached hydrogen (secondary N) is 2. The first-order valence-electron chi connectivity index (χ1n) is 2.75. The molecule has 46 valence electrons. The van der Waals surface area contributed by atoms with Crippen molar-refractivity contribution in [3.8, 4) is 0 Å². The maximum absolute atomic E-state index is 3.70. The van der Waals surface area contributed by atoms with Gasteiger partial charge in [-0.3, -0.25) is 0 Å². The summed E-state index contributed by atoms with van der Waals surface area (Å²) in [7, 11) is 0. The zero-order valence-corrected chi connectivity index (χ0v) is 4.76. The molecule has 0 spiro atoms. The van der Waals surface area contributed by atoms with Gasteiger partial charge in [-0.1, -0.05) is 0 Å². The molecule has 4 heteroatoms. The second-order valence-electron chi connectivity index (χ2n) is 1.85. The van der Waals surface area contributed by atoms with E-state index in [1.54, 1.807) is 12.4 Å². The smallest absolute Gasteiger partial charge is 0.0851 e. The van der Waals surface area contributed by atoms with Crippen molar-refractivity contribution in [3.63, 3.8) is 0 Å². The third-order valence-corrected chi connectivity index (χ3v) is 1.29. The van der Waals surface area contributed by atoms with E-state index in [0.717, 1.165) is 18.0 Å². The van der Waals surface area contributed by atoms with E-state index in [0.29, 0.717) is 0 Å². The summed E-state index contributed by atoms with van der Waals surface area (Å²) < 4.78 is 0. The van der Waals surface area contributed by atoms with Crippen LogP contribution < -0.4 is 10.6 Å². The minimum atomic E-state index is 0.780. The molecule has 0 unspecified atom stereocenters. The van der Waals surface area contributed by atoms with E-state index in [4.69, 9.17) is 0 Å². The van der Waals surface area contributed by atoms with Crippen molar-refractivity contribution >= 4 is 11.4 Å². The fourth-order valence-electron chi connectivity index (χ4n) is 0.838. The second kappa shape index (κ2) is 1.58. The summed E-state index contributed by atoms with van der Waals surface area (Å²) >= 11 is 0. The molecule has 1 aliphatic rings. The summed E-state index contributed by atoms with van der Waals surface area (Å²) in [6.07, 6.45) is 3.41. The average Bonchev–Trinajstić information content (AvgIpc) is 2.33. The fourth-order valence-corrected chi connectivity index (χ4v) is 0.838. The monoisotopic (exact) mass is 122 g/mol. The van der Waals surface area contributed by atoms with Crippen LogP contribution in [0.1, 0.15) is 0 Å². The number of hydrogen-bond acceptors (Lipinski definition) is 4. The molecular weight excluding hydrogens is 116 g/mol. The molecule has 0 fully saturated rings. The second-order valence-corrected chi connectivity index (χ2v) is 1.85. The molecule has 2 rings (SSSR count). The minimum Gasteiger partial charge on any atom is -0.365 e. The van der Waals surface area contributed by atoms with Gasteiger partial charge >= 0.3 is 0 Å². The summed E-state index contributed by atoms with van der Waals surface area (Å²) in [4.78, 5) is 0. The number of anilines is 2. The first kappa shape index (κ1) is 4.55. The Bertz CT molecular complexity index is 199. The lowest BCUT2D eigenvalue weighted by atomic mass is 10.4. The lowest BCUT2D eigenvalue weighted by molar-refractivity contribution is 1.04. The van der Waals surface area contributed by atoms with Crippen molar-refractivity contribution in [2.75, 3.05) is 17.3 Å². The lowest BCUT2D eigenvalue weighted by Crippen LogP contribution is -1.98. The van der Waals surface area contributed by atoms with Crippen LogP contribution in [0.25, 0.3) is 0 Å². The van der Waals surface area contributed by atoms with Crippen LogP contribution in [-0.2, 0) is 0 Å². The Hall–Kier alpha value is -1.32. The van der Waals surface area contributed by atoms with Crippen molar-refractivity contribution in [1.29, 1.82) is 0 Å². The highest BCUT2D eigenvalue weighted by Crippen LogP contribution is 2.21. The van der Waals surface area contributed by atoms with Crippen LogP contribution in [0.15, 0.2) is 12.4 Å². The number of hydrogen-bond donors (Lipinski definition) is 2. The van der Waals surface area contributed by atoms with Crippen molar-refractivity contribution in [2.24, 2.45) is 0 Å². The number of aromatic nitrogens is 2. The molecule has 0 radical (unpaired) electrons. The average molecular weight is 122 g/mol. The van der Waals surface area contributed by atoms with Gasteiger partial charge in [0.05, 0.1) is 30.4 Å². The molecule has 0 saturated carbocycles. The van der Waals surface area contributed by atoms with Crippen LogP contribution in [-0.4, -0.2) is 16.9 Å². The summed E-state index contributed by atoms with van der Waals surface area (Å²) in [5, 5.41) is 13.6. The van der Waals surface area contributed by atoms with E-state index in [2.05, 4.69) is 20.8 Å². The molecule has 2 N–H and O–H groups in total. The molecule has 1 aliphatic heterocycles. The van der Waals surface area contributed by atoms with Gasteiger partial charge in [-0.25, -0.2) is 0 Å². The Kier molecular flexibility index (Phi) is 0.798. The molecule has 0 bridgehead atoms. The maximum Gasteiger partial charge on any atom is 0.0851 e. The van der Waals surface area contributed by atoms with Crippen LogP contribution in [0, 0.1) is 0 Å². The number of rotatable bonds is 0. The highest BCUT2D eigenvalue weighted by Gasteiger charge is 2.06. The molecule has 0 atom stereocenters. The Morgan fingerprint density at radius 2 is 1.67 bits per heavy atom. The first-order chi connectivity index (χ1) is 4.47. The molecule has 0 aliphatic carbocycles. The van der Waals surface area contributed by atoms with Gasteiger partial charge in [0.25, 0.3) is 0 Å². The predicted molar refractivity (Wildman–Crippen MR) is 34.1 cm³/mol. The normalized spacial score (nSPS) is 13.8. The largest absolute Gasteiger partial charge is 0.365 e. The fraction of sp³-hybridized carbons (Fsp3) is 0.200. The Balaban J connectivity index is 2.54. The van der Waals surface area contributed by atoms with Gasteiger partial charge in [-0.2, -0.15) is 10.2 Å². The number of fused-ring (bicyclic) bond motifs is 1. The third kappa shape index (κ3) is 0.595. The van der Waals surface area contributed by atoms with Gasteiger partial charge in [0.15, 0.2) is 0 Å². The Morgan fingerprint density at radius 1 is 1.11 bits per heavy atom. The van der Waals surface area contributed by atoms with E-state index in [-0.39, 0.29) is 0 Å². The minimum absolute atomic E-state index is 0.780. The van der Waals surface area contributed by atoms with E-state index in [1.807, 2.05) is 0 Å². The third-order valence-electron chi connectivity index (χ3n) is 1.29. The van der Waals surface area contributed by atoms with Crippen LogP contribution >= 0.6 is 0 Å². The molecular formula is C5H6N4. The van der Waals surface area contributed by atoms with Gasteiger partial charge < -0.3 is 10.6 Å². The summed E-state index contributed by atoms with van der Waals surface area (Å²) in [5.41, 5.74) is 2.06. The van der Waals surface area contributed by atoms with Crippen LogP contribution in [0.2, 0.25) is 0 Å².